The van der Waals surface area contributed by atoms with Crippen molar-refractivity contribution in [2.24, 2.45) is 0 Å². The Kier molecular flexibility index (Phi) is 6.35. The predicted octanol–water partition coefficient (Wildman–Crippen LogP) is 3.30. The van der Waals surface area contributed by atoms with Gasteiger partial charge in [-0.1, -0.05) is 67.7 Å². The van der Waals surface area contributed by atoms with E-state index in [0.29, 0.717) is 6.42 Å². The molecule has 0 saturated carbocycles. The van der Waals surface area contributed by atoms with E-state index in [4.69, 9.17) is 10.5 Å². The van der Waals surface area contributed by atoms with E-state index in [9.17, 15) is 15.0 Å². The molecule has 4 atom stereocenters. The van der Waals surface area contributed by atoms with E-state index >= 15 is 0 Å². The second-order valence-corrected chi connectivity index (χ2v) is 23.1. The van der Waals surface area contributed by atoms with Crippen molar-refractivity contribution in [2.45, 2.75) is 108 Å². The van der Waals surface area contributed by atoms with Gasteiger partial charge in [0.05, 0.1) is 28.0 Å². The number of aromatic nitrogens is 2. The number of hydrogen-bond acceptors (Lipinski definition) is 6. The summed E-state index contributed by atoms with van der Waals surface area (Å²) in [5, 5.41) is 22.1. The molecule has 0 aliphatic carbocycles. The number of anilines is 1. The maximum atomic E-state index is 12.7. The minimum Gasteiger partial charge on any atom is -0.394 e. The Bertz CT molecular complexity index is 842. The number of nitrogens with zero attached hydrogens (tertiary/aromatic N) is 2. The fourth-order valence-electron chi connectivity index (χ4n) is 3.94. The quantitative estimate of drug-likeness (QED) is 0.601. The number of nitrogen functional groups attached to an aromatic ring is 1. The topological polar surface area (TPSA) is 111 Å². The number of ether oxygens (including phenoxy) is 1. The third-order valence-corrected chi connectivity index (χ3v) is 20.4. The molecule has 30 heavy (non-hydrogen) atoms. The highest BCUT2D eigenvalue weighted by Crippen LogP contribution is 2.54. The molecule has 1 aromatic heterocycles. The lowest BCUT2D eigenvalue weighted by Gasteiger charge is -2.49. The van der Waals surface area contributed by atoms with Crippen LogP contribution in [0, 0.1) is 0 Å². The molecule has 2 rings (SSSR count). The molecule has 1 saturated heterocycles. The van der Waals surface area contributed by atoms with Gasteiger partial charge in [-0.15, -0.1) is 0 Å². The maximum absolute atomic E-state index is 12.7. The minimum absolute atomic E-state index is 0.0530. The monoisotopic (exact) mass is 455 g/mol. The molecule has 0 bridgehead atoms. The highest BCUT2D eigenvalue weighted by atomic mass is 28.3. The molecule has 2 heterocycles. The van der Waals surface area contributed by atoms with E-state index in [2.05, 4.69) is 72.7 Å². The van der Waals surface area contributed by atoms with E-state index in [1.54, 1.807) is 0 Å². The number of hydrogen-bond donors (Lipinski definition) is 3. The van der Waals surface area contributed by atoms with Gasteiger partial charge < -0.3 is 20.7 Å². The Morgan fingerprint density at radius 2 is 1.73 bits per heavy atom. The highest BCUT2D eigenvalue weighted by Gasteiger charge is 2.64. The van der Waals surface area contributed by atoms with Crippen molar-refractivity contribution in [2.75, 3.05) is 5.73 Å². The first-order valence-electron chi connectivity index (χ1n) is 10.7. The van der Waals surface area contributed by atoms with Gasteiger partial charge in [-0.2, -0.15) is 4.98 Å². The molecule has 1 fully saturated rings. The van der Waals surface area contributed by atoms with Crippen molar-refractivity contribution < 1.29 is 14.9 Å². The van der Waals surface area contributed by atoms with E-state index < -0.39 is 45.1 Å². The molecular weight excluding hydrogens is 414 g/mol. The van der Waals surface area contributed by atoms with Crippen molar-refractivity contribution >= 4 is 22.0 Å². The summed E-state index contributed by atoms with van der Waals surface area (Å²) >= 11 is 0. The summed E-state index contributed by atoms with van der Waals surface area (Å²) in [6.45, 7) is 21.3. The second-order valence-electron chi connectivity index (χ2n) is 12.0. The van der Waals surface area contributed by atoms with Gasteiger partial charge in [-0.3, -0.25) is 4.57 Å². The van der Waals surface area contributed by atoms with Gasteiger partial charge in [0.15, 0.2) is 6.23 Å². The van der Waals surface area contributed by atoms with Crippen molar-refractivity contribution in [1.82, 2.24) is 9.55 Å². The number of aliphatic hydroxyl groups excluding tert-OH is 1. The molecule has 1 aliphatic rings. The molecule has 9 heteroatoms. The fraction of sp³-hybridized carbons (Fsp3) is 0.810. The summed E-state index contributed by atoms with van der Waals surface area (Å²) in [4.78, 5) is 16.5. The molecule has 4 N–H and O–H groups in total. The lowest BCUT2D eigenvalue weighted by molar-refractivity contribution is -0.0781. The van der Waals surface area contributed by atoms with Crippen LogP contribution in [0.2, 0.25) is 36.3 Å². The van der Waals surface area contributed by atoms with Crippen LogP contribution in [0.5, 0.6) is 0 Å². The third-order valence-electron chi connectivity index (χ3n) is 8.31. The van der Waals surface area contributed by atoms with Crippen LogP contribution in [0.4, 0.5) is 5.82 Å². The van der Waals surface area contributed by atoms with Gasteiger partial charge in [-0.05, 0) is 16.1 Å². The number of aliphatic hydroxyl groups is 2. The van der Waals surface area contributed by atoms with E-state index in [1.165, 1.54) is 16.8 Å². The Labute approximate surface area is 182 Å². The molecule has 172 valence electrons. The standard InChI is InChI=1S/C21H41N3O4Si2/c1-19(2,3)29(7,8)16(25)14-13-21(27,30(9,10)20(4,5)6)17(28-14)24-12-11-15(22)23-18(24)26/h11-12,14,16-17,25,27H,13H2,1-10H3,(H2,22,23,26)/t14-,16?,17+,21-/m0/s1. The van der Waals surface area contributed by atoms with E-state index in [0.717, 1.165) is 0 Å². The zero-order valence-electron chi connectivity index (χ0n) is 20.3. The van der Waals surface area contributed by atoms with Gasteiger partial charge in [0, 0.05) is 12.6 Å². The van der Waals surface area contributed by atoms with Gasteiger partial charge in [-0.25, -0.2) is 4.79 Å². The highest BCUT2D eigenvalue weighted by molar-refractivity contribution is 6.83. The lowest BCUT2D eigenvalue weighted by atomic mass is 10.2. The molecule has 0 amide bonds. The molecule has 0 radical (unpaired) electrons. The summed E-state index contributed by atoms with van der Waals surface area (Å²) in [6, 6.07) is 1.54. The van der Waals surface area contributed by atoms with Crippen LogP contribution in [0.3, 0.4) is 0 Å². The largest absolute Gasteiger partial charge is 0.394 e. The normalized spacial score (nSPS) is 27.3. The molecule has 7 nitrogen and oxygen atoms in total. The summed E-state index contributed by atoms with van der Waals surface area (Å²) < 4.78 is 7.70. The molecular formula is C21H41N3O4Si2. The number of rotatable bonds is 4. The molecule has 1 unspecified atom stereocenters. The zero-order chi connectivity index (χ0) is 23.5. The molecule has 0 aromatic carbocycles. The van der Waals surface area contributed by atoms with E-state index in [1.807, 2.05) is 0 Å². The molecule has 1 aromatic rings. The molecule has 1 aliphatic heterocycles. The summed E-state index contributed by atoms with van der Waals surface area (Å²) in [6.07, 6.45) is 0.357. The Morgan fingerprint density at radius 1 is 1.20 bits per heavy atom. The number of nitrogens with two attached hydrogens (primary N) is 1. The van der Waals surface area contributed by atoms with Crippen LogP contribution in [-0.2, 0) is 4.74 Å². The summed E-state index contributed by atoms with van der Waals surface area (Å²) in [7, 11) is -4.64. The fourth-order valence-corrected chi connectivity index (χ4v) is 8.79. The van der Waals surface area contributed by atoms with Crippen LogP contribution in [0.25, 0.3) is 0 Å². The van der Waals surface area contributed by atoms with Gasteiger partial charge >= 0.3 is 5.69 Å². The summed E-state index contributed by atoms with van der Waals surface area (Å²) in [5.74, 6) is 0.128. The van der Waals surface area contributed by atoms with Crippen LogP contribution in [-0.4, -0.2) is 53.0 Å². The first kappa shape index (κ1) is 25.3. The van der Waals surface area contributed by atoms with Gasteiger partial charge in [0.25, 0.3) is 0 Å². The Hall–Kier alpha value is -1.01. The Balaban J connectivity index is 2.62. The average molecular weight is 456 g/mol. The van der Waals surface area contributed by atoms with Crippen LogP contribution < -0.4 is 11.4 Å². The summed E-state index contributed by atoms with van der Waals surface area (Å²) in [5.41, 5.74) is 4.44. The van der Waals surface area contributed by atoms with Crippen LogP contribution in [0.15, 0.2) is 17.1 Å². The van der Waals surface area contributed by atoms with Crippen molar-refractivity contribution in [3.63, 3.8) is 0 Å². The first-order valence-corrected chi connectivity index (χ1v) is 16.8. The molecule has 0 spiro atoms. The van der Waals surface area contributed by atoms with Crippen LogP contribution >= 0.6 is 0 Å². The van der Waals surface area contributed by atoms with Gasteiger partial charge in [0.1, 0.15) is 11.0 Å². The van der Waals surface area contributed by atoms with E-state index in [-0.39, 0.29) is 15.9 Å². The SMILES string of the molecule is CC(C)(C)[Si](C)(C)C(O)[C@@H]1C[C@](O)([Si](C)(C)C(C)(C)C)[C@H](n2ccc(N)nc2=O)O1. The Morgan fingerprint density at radius 3 is 2.17 bits per heavy atom. The minimum atomic E-state index is -2.45. The van der Waals surface area contributed by atoms with Gasteiger partial charge in [0.2, 0.25) is 0 Å². The first-order chi connectivity index (χ1) is 13.3. The maximum Gasteiger partial charge on any atom is 0.351 e. The zero-order valence-corrected chi connectivity index (χ0v) is 22.3. The van der Waals surface area contributed by atoms with Crippen LogP contribution in [0.1, 0.15) is 54.2 Å². The van der Waals surface area contributed by atoms with Crippen molar-refractivity contribution in [3.05, 3.63) is 22.7 Å². The smallest absolute Gasteiger partial charge is 0.351 e. The average Bonchev–Trinajstić information content (AvgIpc) is 2.91. The third kappa shape index (κ3) is 3.95. The lowest BCUT2D eigenvalue weighted by Crippen LogP contribution is -2.63. The van der Waals surface area contributed by atoms with Crippen molar-refractivity contribution in [3.8, 4) is 0 Å². The van der Waals surface area contributed by atoms with Crippen molar-refractivity contribution in [1.29, 1.82) is 0 Å². The second kappa shape index (κ2) is 7.55. The predicted molar refractivity (Wildman–Crippen MR) is 127 cm³/mol.